The minimum absolute atomic E-state index is 0.0359. The zero-order chi connectivity index (χ0) is 10.9. The molecule has 0 saturated carbocycles. The SMILES string of the molecule is CC(=O)Nn1cc(C)c(C(F)(F)F)n1. The molecule has 0 bridgehead atoms. The van der Waals surface area contributed by atoms with E-state index in [1.807, 2.05) is 0 Å². The van der Waals surface area contributed by atoms with Gasteiger partial charge in [-0.25, -0.2) is 5.43 Å². The Bertz CT molecular complexity index is 356. The van der Waals surface area contributed by atoms with E-state index >= 15 is 0 Å². The van der Waals surface area contributed by atoms with Crippen LogP contribution in [0.2, 0.25) is 0 Å². The van der Waals surface area contributed by atoms with Gasteiger partial charge in [0, 0.05) is 12.5 Å². The highest BCUT2D eigenvalue weighted by atomic mass is 19.4. The van der Waals surface area contributed by atoms with Gasteiger partial charge in [0.15, 0.2) is 5.69 Å². The number of carbonyl (C=O) groups is 1. The lowest BCUT2D eigenvalue weighted by Crippen LogP contribution is -2.21. The van der Waals surface area contributed by atoms with E-state index in [-0.39, 0.29) is 5.56 Å². The van der Waals surface area contributed by atoms with Crippen molar-refractivity contribution in [3.63, 3.8) is 0 Å². The Morgan fingerprint density at radius 1 is 1.57 bits per heavy atom. The third-order valence-electron chi connectivity index (χ3n) is 1.44. The molecule has 0 aliphatic rings. The van der Waals surface area contributed by atoms with Crippen molar-refractivity contribution in [2.45, 2.75) is 20.0 Å². The van der Waals surface area contributed by atoms with E-state index in [2.05, 4.69) is 10.5 Å². The second kappa shape index (κ2) is 3.32. The van der Waals surface area contributed by atoms with Gasteiger partial charge in [-0.3, -0.25) is 4.79 Å². The summed E-state index contributed by atoms with van der Waals surface area (Å²) in [7, 11) is 0. The fourth-order valence-electron chi connectivity index (χ4n) is 0.959. The fraction of sp³-hybridized carbons (Fsp3) is 0.429. The van der Waals surface area contributed by atoms with Crippen molar-refractivity contribution in [2.24, 2.45) is 0 Å². The molecule has 0 atom stereocenters. The normalized spacial score (nSPS) is 11.5. The Hall–Kier alpha value is -1.53. The molecule has 1 aromatic heterocycles. The van der Waals surface area contributed by atoms with E-state index in [9.17, 15) is 18.0 Å². The summed E-state index contributed by atoms with van der Waals surface area (Å²) in [5.41, 5.74) is 1.07. The number of hydrogen-bond acceptors (Lipinski definition) is 2. The van der Waals surface area contributed by atoms with Gasteiger partial charge in [0.05, 0.1) is 6.20 Å². The summed E-state index contributed by atoms with van der Waals surface area (Å²) in [5, 5.41) is 3.18. The molecule has 0 fully saturated rings. The molecule has 0 saturated heterocycles. The van der Waals surface area contributed by atoms with Gasteiger partial charge in [-0.1, -0.05) is 0 Å². The fourth-order valence-corrected chi connectivity index (χ4v) is 0.959. The molecule has 1 N–H and O–H groups in total. The van der Waals surface area contributed by atoms with Gasteiger partial charge in [-0.15, -0.1) is 5.10 Å². The number of alkyl halides is 3. The average Bonchev–Trinajstić information content (AvgIpc) is 2.27. The van der Waals surface area contributed by atoms with E-state index in [4.69, 9.17) is 0 Å². The maximum atomic E-state index is 12.2. The summed E-state index contributed by atoms with van der Waals surface area (Å²) in [4.78, 5) is 11.3. The summed E-state index contributed by atoms with van der Waals surface area (Å²) < 4.78 is 36.6. The van der Waals surface area contributed by atoms with Gasteiger partial charge in [-0.2, -0.15) is 18.0 Å². The molecule has 14 heavy (non-hydrogen) atoms. The van der Waals surface area contributed by atoms with E-state index in [1.54, 1.807) is 0 Å². The van der Waals surface area contributed by atoms with E-state index in [0.717, 1.165) is 11.0 Å². The molecule has 0 aliphatic carbocycles. The second-order valence-corrected chi connectivity index (χ2v) is 2.77. The minimum Gasteiger partial charge on any atom is -0.274 e. The maximum absolute atomic E-state index is 12.2. The van der Waals surface area contributed by atoms with Crippen LogP contribution in [0.5, 0.6) is 0 Å². The Kier molecular flexibility index (Phi) is 2.50. The number of rotatable bonds is 1. The lowest BCUT2D eigenvalue weighted by atomic mass is 10.3. The van der Waals surface area contributed by atoms with Crippen molar-refractivity contribution >= 4 is 5.91 Å². The predicted molar refractivity (Wildman–Crippen MR) is 42.0 cm³/mol. The average molecular weight is 207 g/mol. The lowest BCUT2D eigenvalue weighted by molar-refractivity contribution is -0.142. The Balaban J connectivity index is 2.99. The van der Waals surface area contributed by atoms with Crippen LogP contribution in [0.15, 0.2) is 6.20 Å². The molecule has 0 aliphatic heterocycles. The van der Waals surface area contributed by atoms with Crippen LogP contribution >= 0.6 is 0 Å². The van der Waals surface area contributed by atoms with Crippen molar-refractivity contribution in [1.82, 2.24) is 9.89 Å². The van der Waals surface area contributed by atoms with Crippen LogP contribution in [0.4, 0.5) is 13.2 Å². The smallest absolute Gasteiger partial charge is 0.274 e. The molecule has 78 valence electrons. The third-order valence-corrected chi connectivity index (χ3v) is 1.44. The first-order chi connectivity index (χ1) is 6.30. The minimum atomic E-state index is -4.49. The molecular weight excluding hydrogens is 199 g/mol. The predicted octanol–water partition coefficient (Wildman–Crippen LogP) is 1.30. The molecule has 1 heterocycles. The van der Waals surface area contributed by atoms with E-state index < -0.39 is 17.8 Å². The molecular formula is C7H8F3N3O. The van der Waals surface area contributed by atoms with Crippen LogP contribution in [-0.4, -0.2) is 15.8 Å². The first-order valence-electron chi connectivity index (χ1n) is 3.72. The van der Waals surface area contributed by atoms with E-state index in [1.165, 1.54) is 13.8 Å². The molecule has 0 unspecified atom stereocenters. The molecule has 1 aromatic rings. The molecule has 4 nitrogen and oxygen atoms in total. The monoisotopic (exact) mass is 207 g/mol. The largest absolute Gasteiger partial charge is 0.435 e. The van der Waals surface area contributed by atoms with Gasteiger partial charge in [0.2, 0.25) is 5.91 Å². The van der Waals surface area contributed by atoms with Crippen molar-refractivity contribution in [1.29, 1.82) is 0 Å². The summed E-state index contributed by atoms with van der Waals surface area (Å²) in [5.74, 6) is -0.485. The topological polar surface area (TPSA) is 46.9 Å². The molecule has 1 amide bonds. The van der Waals surface area contributed by atoms with Crippen LogP contribution in [0.1, 0.15) is 18.2 Å². The third kappa shape index (κ3) is 2.24. The summed E-state index contributed by atoms with van der Waals surface area (Å²) in [6.07, 6.45) is -3.39. The van der Waals surface area contributed by atoms with Crippen LogP contribution < -0.4 is 5.43 Å². The standard InChI is InChI=1S/C7H8F3N3O/c1-4-3-13(11-5(2)14)12-6(4)7(8,9)10/h3H,1-2H3,(H,11,14). The Morgan fingerprint density at radius 3 is 2.50 bits per heavy atom. The van der Waals surface area contributed by atoms with Gasteiger partial charge in [0.25, 0.3) is 0 Å². The first-order valence-corrected chi connectivity index (χ1v) is 3.72. The highest BCUT2D eigenvalue weighted by Crippen LogP contribution is 2.29. The number of nitrogens with one attached hydrogen (secondary N) is 1. The Labute approximate surface area is 77.7 Å². The van der Waals surface area contributed by atoms with Crippen molar-refractivity contribution < 1.29 is 18.0 Å². The van der Waals surface area contributed by atoms with Gasteiger partial charge < -0.3 is 0 Å². The number of carbonyl (C=O) groups excluding carboxylic acids is 1. The summed E-state index contributed by atoms with van der Waals surface area (Å²) in [6, 6.07) is 0. The molecule has 0 aromatic carbocycles. The summed E-state index contributed by atoms with van der Waals surface area (Å²) >= 11 is 0. The highest BCUT2D eigenvalue weighted by Gasteiger charge is 2.36. The van der Waals surface area contributed by atoms with Crippen LogP contribution in [-0.2, 0) is 11.0 Å². The number of aromatic nitrogens is 2. The molecule has 7 heteroatoms. The first kappa shape index (κ1) is 10.6. The number of nitrogens with zero attached hydrogens (tertiary/aromatic N) is 2. The molecule has 0 spiro atoms. The Morgan fingerprint density at radius 2 is 2.14 bits per heavy atom. The number of hydrogen-bond donors (Lipinski definition) is 1. The quantitative estimate of drug-likeness (QED) is 0.754. The van der Waals surface area contributed by atoms with Crippen LogP contribution in [0, 0.1) is 6.92 Å². The highest BCUT2D eigenvalue weighted by molar-refractivity contribution is 5.80. The number of aryl methyl sites for hydroxylation is 1. The summed E-state index contributed by atoms with van der Waals surface area (Å²) in [6.45, 7) is 2.46. The molecule has 0 radical (unpaired) electrons. The van der Waals surface area contributed by atoms with Gasteiger partial charge in [0.1, 0.15) is 0 Å². The molecule has 1 rings (SSSR count). The van der Waals surface area contributed by atoms with E-state index in [0.29, 0.717) is 0 Å². The maximum Gasteiger partial charge on any atom is 0.435 e. The second-order valence-electron chi connectivity index (χ2n) is 2.77. The zero-order valence-electron chi connectivity index (χ0n) is 7.51. The van der Waals surface area contributed by atoms with Gasteiger partial charge in [-0.05, 0) is 6.92 Å². The van der Waals surface area contributed by atoms with Gasteiger partial charge >= 0.3 is 6.18 Å². The van der Waals surface area contributed by atoms with Crippen LogP contribution in [0.25, 0.3) is 0 Å². The zero-order valence-corrected chi connectivity index (χ0v) is 7.51. The lowest BCUT2D eigenvalue weighted by Gasteiger charge is -2.02. The van der Waals surface area contributed by atoms with Crippen LogP contribution in [0.3, 0.4) is 0 Å². The number of halogens is 3. The number of amides is 1. The van der Waals surface area contributed by atoms with Crippen molar-refractivity contribution in [3.8, 4) is 0 Å². The van der Waals surface area contributed by atoms with Crippen molar-refractivity contribution in [2.75, 3.05) is 5.43 Å². The van der Waals surface area contributed by atoms with Crippen molar-refractivity contribution in [3.05, 3.63) is 17.5 Å².